The molecule has 7 nitrogen and oxygen atoms in total. The van der Waals surface area contributed by atoms with E-state index in [0.29, 0.717) is 24.3 Å². The van der Waals surface area contributed by atoms with E-state index in [0.717, 1.165) is 12.0 Å². The van der Waals surface area contributed by atoms with Crippen LogP contribution < -0.4 is 0 Å². The zero-order valence-electron chi connectivity index (χ0n) is 13.1. The second-order valence-electron chi connectivity index (χ2n) is 6.15. The Morgan fingerprint density at radius 2 is 2.04 bits per heavy atom. The van der Waals surface area contributed by atoms with Gasteiger partial charge in [0.15, 0.2) is 0 Å². The predicted molar refractivity (Wildman–Crippen MR) is 80.1 cm³/mol. The molecule has 6 unspecified atom stereocenters. The smallest absolute Gasteiger partial charge is 0.336 e. The Kier molecular flexibility index (Phi) is 5.94. The molecule has 0 radical (unpaired) electrons. The van der Waals surface area contributed by atoms with Crippen molar-refractivity contribution in [2.75, 3.05) is 6.61 Å². The Hall–Kier alpha value is -1.25. The maximum absolute atomic E-state index is 12.2. The Labute approximate surface area is 134 Å². The van der Waals surface area contributed by atoms with Crippen molar-refractivity contribution in [3.8, 4) is 0 Å². The van der Waals surface area contributed by atoms with Crippen LogP contribution in [0.15, 0.2) is 23.8 Å². The molecule has 7 heteroatoms. The highest BCUT2D eigenvalue weighted by atomic mass is 16.7. The van der Waals surface area contributed by atoms with Gasteiger partial charge in [-0.05, 0) is 32.1 Å². The van der Waals surface area contributed by atoms with Gasteiger partial charge in [-0.15, -0.1) is 0 Å². The third-order valence-corrected chi connectivity index (χ3v) is 4.44. The van der Waals surface area contributed by atoms with Crippen molar-refractivity contribution in [1.82, 2.24) is 0 Å². The molecule has 1 aliphatic heterocycles. The average molecular weight is 328 g/mol. The number of hydrogen-bond donors (Lipinski definition) is 4. The van der Waals surface area contributed by atoms with Crippen molar-refractivity contribution < 1.29 is 34.7 Å². The molecule has 6 atom stereocenters. The van der Waals surface area contributed by atoms with Gasteiger partial charge in [0.25, 0.3) is 0 Å². The Balaban J connectivity index is 1.98. The highest BCUT2D eigenvalue weighted by Crippen LogP contribution is 2.30. The summed E-state index contributed by atoms with van der Waals surface area (Å²) in [7, 11) is 0. The number of rotatable bonds is 4. The van der Waals surface area contributed by atoms with Gasteiger partial charge < -0.3 is 29.9 Å². The molecule has 23 heavy (non-hydrogen) atoms. The minimum atomic E-state index is -1.58. The minimum Gasteiger partial charge on any atom is -0.429 e. The van der Waals surface area contributed by atoms with Crippen molar-refractivity contribution in [3.63, 3.8) is 0 Å². The van der Waals surface area contributed by atoms with Crippen LogP contribution in [0.4, 0.5) is 0 Å². The Morgan fingerprint density at radius 3 is 2.57 bits per heavy atom. The van der Waals surface area contributed by atoms with Crippen LogP contribution in [-0.2, 0) is 14.3 Å². The lowest BCUT2D eigenvalue weighted by molar-refractivity contribution is -0.291. The van der Waals surface area contributed by atoms with Crippen LogP contribution in [0.1, 0.15) is 26.2 Å². The fourth-order valence-electron chi connectivity index (χ4n) is 2.81. The van der Waals surface area contributed by atoms with Gasteiger partial charge in [0.1, 0.15) is 24.4 Å². The van der Waals surface area contributed by atoms with Gasteiger partial charge in [0.2, 0.25) is 6.29 Å². The van der Waals surface area contributed by atoms with E-state index in [2.05, 4.69) is 6.58 Å². The fourth-order valence-corrected chi connectivity index (χ4v) is 2.81. The lowest BCUT2D eigenvalue weighted by Crippen LogP contribution is -2.59. The summed E-state index contributed by atoms with van der Waals surface area (Å²) in [6, 6.07) is 0. The summed E-state index contributed by atoms with van der Waals surface area (Å²) < 4.78 is 10.3. The monoisotopic (exact) mass is 328 g/mol. The number of aliphatic hydroxyl groups is 4. The first-order valence-corrected chi connectivity index (χ1v) is 7.71. The molecule has 1 fully saturated rings. The zero-order chi connectivity index (χ0) is 17.1. The Bertz CT molecular complexity index is 485. The molecule has 0 aromatic rings. The quantitative estimate of drug-likeness (QED) is 0.411. The number of aliphatic hydroxyl groups excluding tert-OH is 4. The molecule has 2 aliphatic rings. The Morgan fingerprint density at radius 1 is 1.35 bits per heavy atom. The van der Waals surface area contributed by atoms with Gasteiger partial charge in [-0.3, -0.25) is 0 Å². The minimum absolute atomic E-state index is 0.346. The summed E-state index contributed by atoms with van der Waals surface area (Å²) in [4.78, 5) is 12.2. The van der Waals surface area contributed by atoms with Crippen LogP contribution in [0.2, 0.25) is 0 Å². The van der Waals surface area contributed by atoms with Crippen molar-refractivity contribution in [1.29, 1.82) is 0 Å². The van der Waals surface area contributed by atoms with Crippen molar-refractivity contribution >= 4 is 5.97 Å². The summed E-state index contributed by atoms with van der Waals surface area (Å²) in [5.74, 6) is -0.284. The first kappa shape index (κ1) is 18.1. The molecule has 1 saturated heterocycles. The molecule has 1 aliphatic carbocycles. The number of carbonyl (C=O) groups excluding carboxylic acids is 1. The van der Waals surface area contributed by atoms with E-state index in [1.165, 1.54) is 0 Å². The number of hydrogen-bond acceptors (Lipinski definition) is 7. The first-order valence-electron chi connectivity index (χ1n) is 7.71. The second kappa shape index (κ2) is 7.55. The van der Waals surface area contributed by atoms with E-state index in [4.69, 9.17) is 14.6 Å². The maximum atomic E-state index is 12.2. The van der Waals surface area contributed by atoms with E-state index >= 15 is 0 Å². The molecule has 0 spiro atoms. The molecule has 130 valence electrons. The standard InChI is InChI=1S/C16H24O7/c1-8(2)9-3-5-10(6-4-9)15(21)23-16-14(20)13(19)12(18)11(7-17)22-16/h5,9,11-14,16-20H,1,3-4,6-7H2,2H3. The summed E-state index contributed by atoms with van der Waals surface area (Å²) >= 11 is 0. The van der Waals surface area contributed by atoms with Crippen molar-refractivity contribution in [3.05, 3.63) is 23.8 Å². The summed E-state index contributed by atoms with van der Waals surface area (Å²) in [5.41, 5.74) is 1.56. The third-order valence-electron chi connectivity index (χ3n) is 4.44. The molecule has 0 saturated carbocycles. The number of carbonyl (C=O) groups is 1. The molecular formula is C16H24O7. The average Bonchev–Trinajstić information content (AvgIpc) is 2.55. The van der Waals surface area contributed by atoms with Gasteiger partial charge in [0.05, 0.1) is 6.61 Å². The SMILES string of the molecule is C=C(C)C1CC=C(C(=O)OC2OC(CO)C(O)C(O)C2O)CC1. The van der Waals surface area contributed by atoms with Crippen LogP contribution in [0.5, 0.6) is 0 Å². The summed E-state index contributed by atoms with van der Waals surface area (Å²) in [6.45, 7) is 5.30. The molecule has 0 bridgehead atoms. The predicted octanol–water partition coefficient (Wildman–Crippen LogP) is -0.368. The van der Waals surface area contributed by atoms with E-state index in [-0.39, 0.29) is 0 Å². The van der Waals surface area contributed by atoms with Crippen molar-refractivity contribution in [2.45, 2.75) is 56.9 Å². The second-order valence-corrected chi connectivity index (χ2v) is 6.15. The third kappa shape index (κ3) is 3.99. The van der Waals surface area contributed by atoms with E-state index < -0.39 is 43.3 Å². The molecular weight excluding hydrogens is 304 g/mol. The van der Waals surface area contributed by atoms with Gasteiger partial charge in [-0.25, -0.2) is 4.79 Å². The molecule has 1 heterocycles. The molecule has 4 N–H and O–H groups in total. The van der Waals surface area contributed by atoms with Gasteiger partial charge in [-0.1, -0.05) is 18.2 Å². The molecule has 0 aromatic heterocycles. The molecule has 2 rings (SSSR count). The highest BCUT2D eigenvalue weighted by molar-refractivity contribution is 5.88. The largest absolute Gasteiger partial charge is 0.429 e. The lowest BCUT2D eigenvalue weighted by atomic mass is 9.85. The van der Waals surface area contributed by atoms with Gasteiger partial charge in [0, 0.05) is 5.57 Å². The normalized spacial score (nSPS) is 37.9. The van der Waals surface area contributed by atoms with Crippen LogP contribution >= 0.6 is 0 Å². The fraction of sp³-hybridized carbons (Fsp3) is 0.688. The van der Waals surface area contributed by atoms with Crippen molar-refractivity contribution in [2.24, 2.45) is 5.92 Å². The van der Waals surface area contributed by atoms with Crippen LogP contribution in [-0.4, -0.2) is 63.7 Å². The molecule has 0 aromatic carbocycles. The molecule has 0 amide bonds. The summed E-state index contributed by atoms with van der Waals surface area (Å²) in [6.07, 6.45) is -3.33. The number of esters is 1. The highest BCUT2D eigenvalue weighted by Gasteiger charge is 2.45. The number of ether oxygens (including phenoxy) is 2. The zero-order valence-corrected chi connectivity index (χ0v) is 13.1. The summed E-state index contributed by atoms with van der Waals surface area (Å²) in [5, 5.41) is 38.3. The maximum Gasteiger partial charge on any atom is 0.336 e. The lowest BCUT2D eigenvalue weighted by Gasteiger charge is -2.39. The van der Waals surface area contributed by atoms with Gasteiger partial charge >= 0.3 is 5.97 Å². The van der Waals surface area contributed by atoms with Gasteiger partial charge in [-0.2, -0.15) is 0 Å². The van der Waals surface area contributed by atoms with E-state index in [9.17, 15) is 20.1 Å². The van der Waals surface area contributed by atoms with Crippen LogP contribution in [0, 0.1) is 5.92 Å². The van der Waals surface area contributed by atoms with E-state index in [1.54, 1.807) is 6.08 Å². The van der Waals surface area contributed by atoms with E-state index in [1.807, 2.05) is 6.92 Å². The topological polar surface area (TPSA) is 116 Å². The first-order chi connectivity index (χ1) is 10.8. The number of allylic oxidation sites excluding steroid dienone is 2. The van der Waals surface area contributed by atoms with Crippen LogP contribution in [0.3, 0.4) is 0 Å². The van der Waals surface area contributed by atoms with Crippen LogP contribution in [0.25, 0.3) is 0 Å².